The van der Waals surface area contributed by atoms with E-state index in [1.165, 1.54) is 6.33 Å². The maximum absolute atomic E-state index is 12.0. The number of nitrogens with zero attached hydrogens (tertiary/aromatic N) is 3. The van der Waals surface area contributed by atoms with Gasteiger partial charge < -0.3 is 5.73 Å². The molecule has 1 unspecified atom stereocenters. The van der Waals surface area contributed by atoms with E-state index in [-0.39, 0.29) is 23.7 Å². The van der Waals surface area contributed by atoms with Crippen LogP contribution in [0.4, 0.5) is 0 Å². The first kappa shape index (κ1) is 13.8. The molecule has 0 radical (unpaired) electrons. The molecule has 17 heavy (non-hydrogen) atoms. The average Bonchev–Trinajstić information content (AvgIpc) is 2.63. The Morgan fingerprint density at radius 2 is 2.06 bits per heavy atom. The standard InChI is InChI=1S/C12H22N4O/c1-8(2)16-10(14-7-15-16)6-9(17)11(13)12(3,4)5/h7-8,11H,6,13H2,1-5H3. The van der Waals surface area contributed by atoms with Gasteiger partial charge in [0.2, 0.25) is 0 Å². The van der Waals surface area contributed by atoms with E-state index in [1.807, 2.05) is 34.6 Å². The van der Waals surface area contributed by atoms with Crippen LogP contribution in [0.1, 0.15) is 46.5 Å². The minimum atomic E-state index is -0.472. The molecule has 2 N–H and O–H groups in total. The quantitative estimate of drug-likeness (QED) is 0.859. The molecule has 1 atom stereocenters. The Bertz CT molecular complexity index is 389. The van der Waals surface area contributed by atoms with Crippen molar-refractivity contribution in [2.45, 2.75) is 53.1 Å². The number of Topliss-reactive ketones (excluding diaryl/α,β-unsaturated/α-hetero) is 1. The molecule has 1 rings (SSSR count). The van der Waals surface area contributed by atoms with E-state index < -0.39 is 6.04 Å². The highest BCUT2D eigenvalue weighted by Gasteiger charge is 2.28. The van der Waals surface area contributed by atoms with Crippen LogP contribution in [0.5, 0.6) is 0 Å². The Labute approximate surface area is 102 Å². The lowest BCUT2D eigenvalue weighted by Gasteiger charge is -2.25. The number of nitrogens with two attached hydrogens (primary N) is 1. The van der Waals surface area contributed by atoms with Crippen molar-refractivity contribution in [1.29, 1.82) is 0 Å². The van der Waals surface area contributed by atoms with Gasteiger partial charge in [-0.25, -0.2) is 9.67 Å². The Morgan fingerprint density at radius 1 is 1.47 bits per heavy atom. The van der Waals surface area contributed by atoms with Crippen LogP contribution in [0, 0.1) is 5.41 Å². The summed E-state index contributed by atoms with van der Waals surface area (Å²) < 4.78 is 1.76. The van der Waals surface area contributed by atoms with Gasteiger partial charge in [-0.15, -0.1) is 0 Å². The maximum atomic E-state index is 12.0. The van der Waals surface area contributed by atoms with E-state index in [4.69, 9.17) is 5.73 Å². The highest BCUT2D eigenvalue weighted by Crippen LogP contribution is 2.19. The Morgan fingerprint density at radius 3 is 2.53 bits per heavy atom. The fraction of sp³-hybridized carbons (Fsp3) is 0.750. The van der Waals surface area contributed by atoms with Crippen LogP contribution in [0.3, 0.4) is 0 Å². The molecule has 0 fully saturated rings. The fourth-order valence-corrected chi connectivity index (χ4v) is 1.58. The van der Waals surface area contributed by atoms with Gasteiger partial charge in [-0.1, -0.05) is 20.8 Å². The van der Waals surface area contributed by atoms with Gasteiger partial charge in [-0.05, 0) is 19.3 Å². The predicted molar refractivity (Wildman–Crippen MR) is 66.5 cm³/mol. The molecule has 1 heterocycles. The van der Waals surface area contributed by atoms with Crippen molar-refractivity contribution >= 4 is 5.78 Å². The molecule has 0 aliphatic heterocycles. The molecular weight excluding hydrogens is 216 g/mol. The third-order valence-corrected chi connectivity index (χ3v) is 2.75. The second-order valence-electron chi connectivity index (χ2n) is 5.70. The SMILES string of the molecule is CC(C)n1ncnc1CC(=O)C(N)C(C)(C)C. The number of hydrogen-bond donors (Lipinski definition) is 1. The van der Waals surface area contributed by atoms with Gasteiger partial charge in [0.15, 0.2) is 5.78 Å². The Kier molecular flexibility index (Phi) is 4.03. The van der Waals surface area contributed by atoms with E-state index in [0.717, 1.165) is 0 Å². The van der Waals surface area contributed by atoms with Gasteiger partial charge in [0, 0.05) is 6.04 Å². The maximum Gasteiger partial charge on any atom is 0.157 e. The predicted octanol–water partition coefficient (Wildman–Crippen LogP) is 1.34. The molecule has 0 saturated heterocycles. The smallest absolute Gasteiger partial charge is 0.157 e. The van der Waals surface area contributed by atoms with Crippen molar-refractivity contribution in [2.75, 3.05) is 0 Å². The zero-order valence-corrected chi connectivity index (χ0v) is 11.3. The summed E-state index contributed by atoms with van der Waals surface area (Å²) in [6.07, 6.45) is 1.72. The van der Waals surface area contributed by atoms with Crippen LogP contribution in [0.15, 0.2) is 6.33 Å². The van der Waals surface area contributed by atoms with Gasteiger partial charge in [0.25, 0.3) is 0 Å². The van der Waals surface area contributed by atoms with Gasteiger partial charge >= 0.3 is 0 Å². The lowest BCUT2D eigenvalue weighted by Crippen LogP contribution is -2.43. The van der Waals surface area contributed by atoms with Crippen LogP contribution in [-0.4, -0.2) is 26.6 Å². The average molecular weight is 238 g/mol. The summed E-state index contributed by atoms with van der Waals surface area (Å²) in [5, 5.41) is 4.10. The second kappa shape index (κ2) is 4.96. The number of carbonyl (C=O) groups excluding carboxylic acids is 1. The summed E-state index contributed by atoms with van der Waals surface area (Å²) in [7, 11) is 0. The summed E-state index contributed by atoms with van der Waals surface area (Å²) in [5.41, 5.74) is 5.71. The molecule has 5 heteroatoms. The summed E-state index contributed by atoms with van der Waals surface area (Å²) >= 11 is 0. The minimum absolute atomic E-state index is 0.00685. The molecule has 0 aromatic carbocycles. The van der Waals surface area contributed by atoms with E-state index in [0.29, 0.717) is 5.82 Å². The normalized spacial score (nSPS) is 14.1. The molecule has 0 amide bonds. The largest absolute Gasteiger partial charge is 0.321 e. The van der Waals surface area contributed by atoms with Crippen molar-refractivity contribution in [3.05, 3.63) is 12.2 Å². The molecule has 0 bridgehead atoms. The molecule has 1 aromatic heterocycles. The monoisotopic (exact) mass is 238 g/mol. The fourth-order valence-electron chi connectivity index (χ4n) is 1.58. The van der Waals surface area contributed by atoms with Crippen LogP contribution in [0.25, 0.3) is 0 Å². The van der Waals surface area contributed by atoms with Crippen molar-refractivity contribution in [1.82, 2.24) is 14.8 Å². The lowest BCUT2D eigenvalue weighted by atomic mass is 9.84. The molecule has 0 spiro atoms. The zero-order chi connectivity index (χ0) is 13.2. The molecule has 0 aliphatic rings. The zero-order valence-electron chi connectivity index (χ0n) is 11.3. The number of aromatic nitrogens is 3. The van der Waals surface area contributed by atoms with Gasteiger partial charge in [-0.2, -0.15) is 5.10 Å². The molecule has 0 saturated carbocycles. The summed E-state index contributed by atoms with van der Waals surface area (Å²) in [6.45, 7) is 9.90. The third kappa shape index (κ3) is 3.36. The van der Waals surface area contributed by atoms with Crippen molar-refractivity contribution in [2.24, 2.45) is 11.1 Å². The minimum Gasteiger partial charge on any atom is -0.321 e. The van der Waals surface area contributed by atoms with E-state index in [2.05, 4.69) is 10.1 Å². The van der Waals surface area contributed by atoms with Crippen molar-refractivity contribution < 1.29 is 4.79 Å². The van der Waals surface area contributed by atoms with Crippen LogP contribution < -0.4 is 5.73 Å². The van der Waals surface area contributed by atoms with Crippen LogP contribution in [0.2, 0.25) is 0 Å². The van der Waals surface area contributed by atoms with Gasteiger partial charge in [0.05, 0.1) is 12.5 Å². The second-order valence-corrected chi connectivity index (χ2v) is 5.70. The summed E-state index contributed by atoms with van der Waals surface area (Å²) in [6, 6.07) is -0.272. The van der Waals surface area contributed by atoms with E-state index in [9.17, 15) is 4.79 Å². The Hall–Kier alpha value is -1.23. The number of carbonyl (C=O) groups is 1. The molecule has 96 valence electrons. The molecule has 1 aromatic rings. The van der Waals surface area contributed by atoms with Crippen LogP contribution >= 0.6 is 0 Å². The number of hydrogen-bond acceptors (Lipinski definition) is 4. The van der Waals surface area contributed by atoms with Crippen molar-refractivity contribution in [3.8, 4) is 0 Å². The van der Waals surface area contributed by atoms with Crippen molar-refractivity contribution in [3.63, 3.8) is 0 Å². The molecular formula is C12H22N4O. The topological polar surface area (TPSA) is 73.8 Å². The van der Waals surface area contributed by atoms with Crippen LogP contribution in [-0.2, 0) is 11.2 Å². The molecule has 0 aliphatic carbocycles. The summed E-state index contributed by atoms with van der Waals surface area (Å²) in [5.74, 6) is 0.692. The number of rotatable bonds is 4. The van der Waals surface area contributed by atoms with Gasteiger partial charge in [-0.3, -0.25) is 4.79 Å². The first-order chi connectivity index (χ1) is 7.73. The first-order valence-electron chi connectivity index (χ1n) is 5.90. The van der Waals surface area contributed by atoms with Gasteiger partial charge in [0.1, 0.15) is 12.2 Å². The highest BCUT2D eigenvalue weighted by atomic mass is 16.1. The lowest BCUT2D eigenvalue weighted by molar-refractivity contribution is -0.121. The Balaban J connectivity index is 2.78. The number of ketones is 1. The highest BCUT2D eigenvalue weighted by molar-refractivity contribution is 5.86. The van der Waals surface area contributed by atoms with E-state index in [1.54, 1.807) is 4.68 Å². The van der Waals surface area contributed by atoms with E-state index >= 15 is 0 Å². The molecule has 5 nitrogen and oxygen atoms in total. The summed E-state index contributed by atoms with van der Waals surface area (Å²) in [4.78, 5) is 16.1. The first-order valence-corrected chi connectivity index (χ1v) is 5.90. The third-order valence-electron chi connectivity index (χ3n) is 2.75.